The highest BCUT2D eigenvalue weighted by Crippen LogP contribution is 2.59. The number of allylic oxidation sites excluding steroid dienone is 2. The molecule has 0 bridgehead atoms. The van der Waals surface area contributed by atoms with Gasteiger partial charge in [0.2, 0.25) is 5.91 Å². The number of amides is 1. The second kappa shape index (κ2) is 5.43. The lowest BCUT2D eigenvalue weighted by molar-refractivity contribution is -0.123. The summed E-state index contributed by atoms with van der Waals surface area (Å²) in [6, 6.07) is 0.373. The van der Waals surface area contributed by atoms with E-state index in [2.05, 4.69) is 50.9 Å². The molecule has 0 aromatic heterocycles. The summed E-state index contributed by atoms with van der Waals surface area (Å²) >= 11 is 0. The van der Waals surface area contributed by atoms with Crippen LogP contribution in [0.5, 0.6) is 0 Å². The molecule has 1 N–H and O–H groups in total. The Balaban J connectivity index is 2.52. The quantitative estimate of drug-likeness (QED) is 0.761. The number of carbonyl (C=O) groups excluding carboxylic acids is 1. The van der Waals surface area contributed by atoms with E-state index < -0.39 is 0 Å². The summed E-state index contributed by atoms with van der Waals surface area (Å²) in [6.07, 6.45) is 2.24. The lowest BCUT2D eigenvalue weighted by atomic mass is 10.1. The molecule has 3 heteroatoms. The van der Waals surface area contributed by atoms with Crippen LogP contribution in [0.25, 0.3) is 0 Å². The Morgan fingerprint density at radius 2 is 1.94 bits per heavy atom. The Labute approximate surface area is 112 Å². The van der Waals surface area contributed by atoms with Crippen molar-refractivity contribution in [2.24, 2.45) is 17.3 Å². The summed E-state index contributed by atoms with van der Waals surface area (Å²) in [5.41, 5.74) is 1.41. The van der Waals surface area contributed by atoms with Gasteiger partial charge in [0, 0.05) is 12.6 Å². The molecule has 0 heterocycles. The number of nitrogens with zero attached hydrogens (tertiary/aromatic N) is 1. The number of likely N-dealkylation sites (N-methyl/N-ethyl adjacent to an activating group) is 1. The second-order valence-corrected chi connectivity index (χ2v) is 6.63. The van der Waals surface area contributed by atoms with Crippen LogP contribution in [0.4, 0.5) is 0 Å². The molecule has 0 saturated heterocycles. The zero-order valence-corrected chi connectivity index (χ0v) is 12.9. The Morgan fingerprint density at radius 1 is 1.39 bits per heavy atom. The minimum absolute atomic E-state index is 0.114. The zero-order chi connectivity index (χ0) is 14.1. The maximum absolute atomic E-state index is 12.2. The molecule has 0 unspecified atom stereocenters. The van der Waals surface area contributed by atoms with Gasteiger partial charge in [0.25, 0.3) is 0 Å². The first-order chi connectivity index (χ1) is 8.17. The fourth-order valence-electron chi connectivity index (χ4n) is 2.39. The third-order valence-corrected chi connectivity index (χ3v) is 4.16. The average molecular weight is 252 g/mol. The SMILES string of the molecule is CC(C)=C[C@@H]1[C@H](C(=O)NC[C@@H](C)N(C)C)C1(C)C. The van der Waals surface area contributed by atoms with E-state index in [0.717, 1.165) is 6.54 Å². The summed E-state index contributed by atoms with van der Waals surface area (Å²) < 4.78 is 0. The molecule has 1 aliphatic carbocycles. The van der Waals surface area contributed by atoms with Crippen LogP contribution in [0.1, 0.15) is 34.6 Å². The van der Waals surface area contributed by atoms with Gasteiger partial charge in [-0.1, -0.05) is 25.5 Å². The van der Waals surface area contributed by atoms with Gasteiger partial charge in [-0.3, -0.25) is 4.79 Å². The van der Waals surface area contributed by atoms with Crippen LogP contribution >= 0.6 is 0 Å². The minimum Gasteiger partial charge on any atom is -0.354 e. The van der Waals surface area contributed by atoms with Crippen LogP contribution in [0.2, 0.25) is 0 Å². The molecule has 0 aromatic carbocycles. The largest absolute Gasteiger partial charge is 0.354 e. The summed E-state index contributed by atoms with van der Waals surface area (Å²) in [4.78, 5) is 14.3. The third-order valence-electron chi connectivity index (χ3n) is 4.16. The molecular weight excluding hydrogens is 224 g/mol. The highest BCUT2D eigenvalue weighted by Gasteiger charge is 2.60. The fourth-order valence-corrected chi connectivity index (χ4v) is 2.39. The topological polar surface area (TPSA) is 32.3 Å². The van der Waals surface area contributed by atoms with Crippen molar-refractivity contribution in [1.82, 2.24) is 10.2 Å². The molecule has 1 rings (SSSR count). The summed E-state index contributed by atoms with van der Waals surface area (Å²) in [6.45, 7) is 11.4. The van der Waals surface area contributed by atoms with E-state index in [1.54, 1.807) is 0 Å². The Morgan fingerprint density at radius 3 is 2.39 bits per heavy atom. The standard InChI is InChI=1S/C15H28N2O/c1-10(2)8-12-13(15(12,4)5)14(18)16-9-11(3)17(6)7/h8,11-13H,9H2,1-7H3,(H,16,18)/t11-,12-,13-/m1/s1. The van der Waals surface area contributed by atoms with E-state index in [1.807, 2.05) is 14.1 Å². The predicted molar refractivity (Wildman–Crippen MR) is 76.4 cm³/mol. The smallest absolute Gasteiger partial charge is 0.224 e. The van der Waals surface area contributed by atoms with Gasteiger partial charge < -0.3 is 10.2 Å². The average Bonchev–Trinajstić information content (AvgIpc) is 2.75. The fraction of sp³-hybridized carbons (Fsp3) is 0.800. The van der Waals surface area contributed by atoms with Gasteiger partial charge in [-0.25, -0.2) is 0 Å². The van der Waals surface area contributed by atoms with Crippen molar-refractivity contribution in [1.29, 1.82) is 0 Å². The molecular formula is C15H28N2O. The summed E-state index contributed by atoms with van der Waals surface area (Å²) in [7, 11) is 4.06. The van der Waals surface area contributed by atoms with E-state index in [1.165, 1.54) is 5.57 Å². The Hall–Kier alpha value is -0.830. The molecule has 1 amide bonds. The van der Waals surface area contributed by atoms with Crippen LogP contribution in [-0.4, -0.2) is 37.5 Å². The molecule has 1 fully saturated rings. The summed E-state index contributed by atoms with van der Waals surface area (Å²) in [5, 5.41) is 3.07. The number of nitrogens with one attached hydrogen (secondary N) is 1. The van der Waals surface area contributed by atoms with E-state index in [9.17, 15) is 4.79 Å². The first kappa shape index (κ1) is 15.2. The van der Waals surface area contributed by atoms with Gasteiger partial charge in [0.05, 0.1) is 5.92 Å². The normalized spacial score (nSPS) is 26.7. The lowest BCUT2D eigenvalue weighted by Gasteiger charge is -2.20. The molecule has 0 aliphatic heterocycles. The molecule has 104 valence electrons. The Kier molecular flexibility index (Phi) is 4.60. The maximum Gasteiger partial charge on any atom is 0.224 e. The lowest BCUT2D eigenvalue weighted by Crippen LogP contribution is -2.39. The Bertz CT molecular complexity index is 340. The van der Waals surface area contributed by atoms with E-state index in [4.69, 9.17) is 0 Å². The first-order valence-corrected chi connectivity index (χ1v) is 6.77. The molecule has 0 spiro atoms. The van der Waals surface area contributed by atoms with Crippen molar-refractivity contribution in [3.8, 4) is 0 Å². The van der Waals surface area contributed by atoms with Crippen LogP contribution in [0.15, 0.2) is 11.6 Å². The van der Waals surface area contributed by atoms with Crippen molar-refractivity contribution in [3.05, 3.63) is 11.6 Å². The number of carbonyl (C=O) groups is 1. The molecule has 0 aromatic rings. The van der Waals surface area contributed by atoms with Crippen molar-refractivity contribution >= 4 is 5.91 Å². The van der Waals surface area contributed by atoms with E-state index in [0.29, 0.717) is 12.0 Å². The van der Waals surface area contributed by atoms with E-state index in [-0.39, 0.29) is 17.2 Å². The van der Waals surface area contributed by atoms with Gasteiger partial charge in [-0.2, -0.15) is 0 Å². The first-order valence-electron chi connectivity index (χ1n) is 6.77. The number of hydrogen-bond acceptors (Lipinski definition) is 2. The second-order valence-electron chi connectivity index (χ2n) is 6.63. The van der Waals surface area contributed by atoms with Crippen molar-refractivity contribution in [3.63, 3.8) is 0 Å². The molecule has 3 nitrogen and oxygen atoms in total. The van der Waals surface area contributed by atoms with Crippen molar-refractivity contribution < 1.29 is 4.79 Å². The monoisotopic (exact) mass is 252 g/mol. The molecule has 1 aliphatic rings. The summed E-state index contributed by atoms with van der Waals surface area (Å²) in [5.74, 6) is 0.745. The van der Waals surface area contributed by atoms with Crippen molar-refractivity contribution in [2.75, 3.05) is 20.6 Å². The predicted octanol–water partition coefficient (Wildman–Crippen LogP) is 2.29. The van der Waals surface area contributed by atoms with Gasteiger partial charge in [-0.15, -0.1) is 0 Å². The van der Waals surface area contributed by atoms with Crippen LogP contribution in [0.3, 0.4) is 0 Å². The molecule has 1 saturated carbocycles. The highest BCUT2D eigenvalue weighted by molar-refractivity contribution is 5.83. The molecule has 18 heavy (non-hydrogen) atoms. The van der Waals surface area contributed by atoms with Gasteiger partial charge in [0.15, 0.2) is 0 Å². The third kappa shape index (κ3) is 3.35. The highest BCUT2D eigenvalue weighted by atomic mass is 16.2. The van der Waals surface area contributed by atoms with Crippen LogP contribution in [0, 0.1) is 17.3 Å². The minimum atomic E-state index is 0.114. The zero-order valence-electron chi connectivity index (χ0n) is 12.9. The maximum atomic E-state index is 12.2. The number of hydrogen-bond donors (Lipinski definition) is 1. The van der Waals surface area contributed by atoms with Gasteiger partial charge >= 0.3 is 0 Å². The van der Waals surface area contributed by atoms with Gasteiger partial charge in [0.1, 0.15) is 0 Å². The van der Waals surface area contributed by atoms with Gasteiger partial charge in [-0.05, 0) is 46.2 Å². The van der Waals surface area contributed by atoms with Crippen LogP contribution in [-0.2, 0) is 4.79 Å². The number of rotatable bonds is 5. The molecule has 3 atom stereocenters. The van der Waals surface area contributed by atoms with E-state index >= 15 is 0 Å². The molecule has 0 radical (unpaired) electrons. The van der Waals surface area contributed by atoms with Crippen molar-refractivity contribution in [2.45, 2.75) is 40.7 Å². The van der Waals surface area contributed by atoms with Crippen LogP contribution < -0.4 is 5.32 Å².